The predicted octanol–water partition coefficient (Wildman–Crippen LogP) is 2.47. The number of aromatic nitrogens is 1. The number of amides is 1. The number of benzene rings is 1. The number of carbonyl (C=O) groups is 2. The van der Waals surface area contributed by atoms with Crippen molar-refractivity contribution in [3.05, 3.63) is 58.3 Å². The molecule has 1 unspecified atom stereocenters. The number of aromatic hydroxyl groups is 1. The van der Waals surface area contributed by atoms with E-state index >= 15 is 0 Å². The van der Waals surface area contributed by atoms with Crippen LogP contribution >= 0.6 is 15.9 Å². The van der Waals surface area contributed by atoms with Crippen molar-refractivity contribution in [1.29, 1.82) is 0 Å². The Morgan fingerprint density at radius 2 is 2.00 bits per heavy atom. The lowest BCUT2D eigenvalue weighted by Gasteiger charge is -2.14. The smallest absolute Gasteiger partial charge is 0.408 e. The van der Waals surface area contributed by atoms with E-state index in [1.165, 1.54) is 12.3 Å². The zero-order chi connectivity index (χ0) is 17.5. The third-order valence-electron chi connectivity index (χ3n) is 3.11. The Hall–Kier alpha value is -2.61. The Morgan fingerprint density at radius 1 is 1.29 bits per heavy atom. The van der Waals surface area contributed by atoms with Crippen molar-refractivity contribution in [2.75, 3.05) is 0 Å². The second kappa shape index (κ2) is 8.30. The van der Waals surface area contributed by atoms with Gasteiger partial charge >= 0.3 is 12.1 Å². The van der Waals surface area contributed by atoms with Crippen LogP contribution in [0.5, 0.6) is 5.75 Å². The van der Waals surface area contributed by atoms with Gasteiger partial charge in [-0.25, -0.2) is 9.59 Å². The third-order valence-corrected chi connectivity index (χ3v) is 3.74. The third kappa shape index (κ3) is 5.24. The van der Waals surface area contributed by atoms with Crippen LogP contribution in [0.4, 0.5) is 4.79 Å². The highest BCUT2D eigenvalue weighted by Gasteiger charge is 2.22. The molecule has 1 heterocycles. The van der Waals surface area contributed by atoms with Crippen molar-refractivity contribution in [3.8, 4) is 5.75 Å². The van der Waals surface area contributed by atoms with Crippen molar-refractivity contribution in [3.63, 3.8) is 0 Å². The quantitative estimate of drug-likeness (QED) is 0.694. The van der Waals surface area contributed by atoms with Crippen molar-refractivity contribution in [2.24, 2.45) is 0 Å². The first-order chi connectivity index (χ1) is 11.5. The van der Waals surface area contributed by atoms with Crippen LogP contribution in [-0.4, -0.2) is 33.3 Å². The largest absolute Gasteiger partial charge is 0.505 e. The van der Waals surface area contributed by atoms with Gasteiger partial charge < -0.3 is 20.3 Å². The van der Waals surface area contributed by atoms with E-state index in [-0.39, 0.29) is 18.8 Å². The number of nitrogens with zero attached hydrogens (tertiary/aromatic N) is 1. The first-order valence-corrected chi connectivity index (χ1v) is 7.78. The number of aliphatic carboxylic acids is 1. The number of alkyl carbamates (subject to hydrolysis) is 1. The normalized spacial score (nSPS) is 11.5. The molecule has 0 aliphatic carbocycles. The first-order valence-electron chi connectivity index (χ1n) is 6.99. The van der Waals surface area contributed by atoms with Gasteiger partial charge in [0.05, 0.1) is 10.7 Å². The van der Waals surface area contributed by atoms with Crippen molar-refractivity contribution in [1.82, 2.24) is 10.3 Å². The average Bonchev–Trinajstić information content (AvgIpc) is 2.56. The number of carbonyl (C=O) groups excluding carboxylic acids is 1. The summed E-state index contributed by atoms with van der Waals surface area (Å²) in [6.07, 6.45) is 0.324. The Balaban J connectivity index is 1.93. The Morgan fingerprint density at radius 3 is 2.62 bits per heavy atom. The summed E-state index contributed by atoms with van der Waals surface area (Å²) in [6.45, 7) is 0.0437. The van der Waals surface area contributed by atoms with Gasteiger partial charge in [-0.05, 0) is 27.6 Å². The van der Waals surface area contributed by atoms with Crippen molar-refractivity contribution in [2.45, 2.75) is 19.1 Å². The molecule has 0 aliphatic heterocycles. The highest BCUT2D eigenvalue weighted by Crippen LogP contribution is 2.22. The van der Waals surface area contributed by atoms with E-state index in [2.05, 4.69) is 26.2 Å². The lowest BCUT2D eigenvalue weighted by atomic mass is 10.1. The van der Waals surface area contributed by atoms with Crippen LogP contribution in [0.2, 0.25) is 0 Å². The van der Waals surface area contributed by atoms with Crippen LogP contribution in [-0.2, 0) is 22.6 Å². The number of hydrogen-bond donors (Lipinski definition) is 3. The Labute approximate surface area is 146 Å². The molecule has 1 amide bonds. The summed E-state index contributed by atoms with van der Waals surface area (Å²) in [5, 5.41) is 20.9. The number of carboxylic acids is 1. The Bertz CT molecular complexity index is 724. The van der Waals surface area contributed by atoms with Gasteiger partial charge in [-0.15, -0.1) is 0 Å². The SMILES string of the molecule is O=C(NC(Cc1cc(Br)c(O)cn1)C(=O)O)OCc1ccccc1. The summed E-state index contributed by atoms with van der Waals surface area (Å²) in [5.41, 5.74) is 1.19. The topological polar surface area (TPSA) is 109 Å². The molecule has 0 radical (unpaired) electrons. The van der Waals surface area contributed by atoms with E-state index in [1.807, 2.05) is 18.2 Å². The van der Waals surface area contributed by atoms with E-state index < -0.39 is 18.1 Å². The summed E-state index contributed by atoms with van der Waals surface area (Å²) < 4.78 is 5.40. The van der Waals surface area contributed by atoms with Gasteiger partial charge in [0, 0.05) is 12.1 Å². The van der Waals surface area contributed by atoms with Gasteiger partial charge in [0.15, 0.2) is 0 Å². The Kier molecular flexibility index (Phi) is 6.14. The maximum atomic E-state index is 11.8. The molecule has 24 heavy (non-hydrogen) atoms. The summed E-state index contributed by atoms with van der Waals surface area (Å²) in [6, 6.07) is 9.34. The van der Waals surface area contributed by atoms with Crippen molar-refractivity contribution < 1.29 is 24.5 Å². The molecule has 1 atom stereocenters. The summed E-state index contributed by atoms with van der Waals surface area (Å²) in [5.74, 6) is -1.27. The molecule has 7 nitrogen and oxygen atoms in total. The second-order valence-corrected chi connectivity index (χ2v) is 5.78. The van der Waals surface area contributed by atoms with Gasteiger partial charge in [0.2, 0.25) is 0 Å². The van der Waals surface area contributed by atoms with E-state index in [9.17, 15) is 19.8 Å². The van der Waals surface area contributed by atoms with E-state index in [1.54, 1.807) is 12.1 Å². The molecule has 0 fully saturated rings. The minimum atomic E-state index is -1.21. The van der Waals surface area contributed by atoms with Gasteiger partial charge in [-0.1, -0.05) is 30.3 Å². The van der Waals surface area contributed by atoms with Crippen LogP contribution in [0.15, 0.2) is 47.1 Å². The highest BCUT2D eigenvalue weighted by molar-refractivity contribution is 9.10. The van der Waals surface area contributed by atoms with E-state index in [4.69, 9.17) is 4.74 Å². The molecule has 0 saturated carbocycles. The van der Waals surface area contributed by atoms with Gasteiger partial charge in [-0.3, -0.25) is 4.98 Å². The molecular weight excluding hydrogens is 380 g/mol. The fourth-order valence-electron chi connectivity index (χ4n) is 1.89. The van der Waals surface area contributed by atoms with Gasteiger partial charge in [0.1, 0.15) is 18.4 Å². The molecule has 2 aromatic rings. The standard InChI is InChI=1S/C16H15BrN2O5/c17-12-6-11(18-8-14(12)20)7-13(15(21)22)19-16(23)24-9-10-4-2-1-3-5-10/h1-6,8,13,20H,7,9H2,(H,19,23)(H,21,22). The molecule has 0 bridgehead atoms. The number of carboxylic acid groups (broad SMARTS) is 1. The monoisotopic (exact) mass is 394 g/mol. The van der Waals surface area contributed by atoms with Crippen LogP contribution < -0.4 is 5.32 Å². The number of hydrogen-bond acceptors (Lipinski definition) is 5. The second-order valence-electron chi connectivity index (χ2n) is 4.93. The van der Waals surface area contributed by atoms with Crippen LogP contribution in [0.25, 0.3) is 0 Å². The molecule has 8 heteroatoms. The molecule has 2 rings (SSSR count). The number of ether oxygens (including phenoxy) is 1. The minimum absolute atomic E-state index is 0.0437. The van der Waals surface area contributed by atoms with Gasteiger partial charge in [0.25, 0.3) is 0 Å². The summed E-state index contributed by atoms with van der Waals surface area (Å²) in [4.78, 5) is 27.0. The lowest BCUT2D eigenvalue weighted by molar-refractivity contribution is -0.139. The zero-order valence-corrected chi connectivity index (χ0v) is 14.1. The van der Waals surface area contributed by atoms with Gasteiger partial charge in [-0.2, -0.15) is 0 Å². The maximum Gasteiger partial charge on any atom is 0.408 e. The van der Waals surface area contributed by atoms with Crippen LogP contribution in [0.3, 0.4) is 0 Å². The molecule has 0 spiro atoms. The fraction of sp³-hybridized carbons (Fsp3) is 0.188. The van der Waals surface area contributed by atoms with Crippen LogP contribution in [0.1, 0.15) is 11.3 Å². The molecule has 1 aromatic carbocycles. The maximum absolute atomic E-state index is 11.8. The molecule has 0 saturated heterocycles. The number of halogens is 1. The molecule has 0 aliphatic rings. The van der Waals surface area contributed by atoms with E-state index in [0.29, 0.717) is 10.2 Å². The minimum Gasteiger partial charge on any atom is -0.505 e. The molecule has 3 N–H and O–H groups in total. The average molecular weight is 395 g/mol. The number of pyridine rings is 1. The molecule has 126 valence electrons. The number of nitrogens with one attached hydrogen (secondary N) is 1. The first kappa shape index (κ1) is 17.7. The fourth-order valence-corrected chi connectivity index (χ4v) is 2.26. The summed E-state index contributed by atoms with van der Waals surface area (Å²) in [7, 11) is 0. The highest BCUT2D eigenvalue weighted by atomic mass is 79.9. The lowest BCUT2D eigenvalue weighted by Crippen LogP contribution is -2.42. The summed E-state index contributed by atoms with van der Waals surface area (Å²) >= 11 is 3.13. The van der Waals surface area contributed by atoms with Crippen molar-refractivity contribution >= 4 is 28.0 Å². The molecule has 1 aromatic heterocycles. The molecular formula is C16H15BrN2O5. The number of rotatable bonds is 6. The predicted molar refractivity (Wildman–Crippen MR) is 88.5 cm³/mol. The zero-order valence-electron chi connectivity index (χ0n) is 12.5. The van der Waals surface area contributed by atoms with Crippen LogP contribution in [0, 0.1) is 0 Å². The van der Waals surface area contributed by atoms with E-state index in [0.717, 1.165) is 5.56 Å².